The summed E-state index contributed by atoms with van der Waals surface area (Å²) in [6.07, 6.45) is 3.08. The molecular formula is C8H13NO2. The maximum Gasteiger partial charge on any atom is 0.331 e. The summed E-state index contributed by atoms with van der Waals surface area (Å²) in [5.74, 6) is -0.412. The number of hydrogen-bond donors (Lipinski definition) is 2. The van der Waals surface area contributed by atoms with E-state index in [4.69, 9.17) is 10.8 Å². The number of hydrogen-bond acceptors (Lipinski definition) is 2. The first-order chi connectivity index (χ1) is 5.11. The van der Waals surface area contributed by atoms with Crippen molar-refractivity contribution in [2.75, 3.05) is 0 Å². The van der Waals surface area contributed by atoms with Crippen molar-refractivity contribution in [3.05, 3.63) is 11.6 Å². The van der Waals surface area contributed by atoms with Crippen molar-refractivity contribution in [1.82, 2.24) is 0 Å². The van der Waals surface area contributed by atoms with Crippen LogP contribution in [0.2, 0.25) is 0 Å². The van der Waals surface area contributed by atoms with E-state index in [0.29, 0.717) is 17.9 Å². The van der Waals surface area contributed by atoms with Crippen molar-refractivity contribution >= 4 is 5.97 Å². The molecule has 1 rings (SSSR count). The van der Waals surface area contributed by atoms with E-state index in [-0.39, 0.29) is 6.04 Å². The van der Waals surface area contributed by atoms with Crippen LogP contribution in [0.1, 0.15) is 19.8 Å². The number of rotatable bonds is 1. The van der Waals surface area contributed by atoms with Gasteiger partial charge in [0, 0.05) is 11.6 Å². The Bertz CT molecular complexity index is 198. The van der Waals surface area contributed by atoms with Crippen LogP contribution in [0.5, 0.6) is 0 Å². The fourth-order valence-corrected chi connectivity index (χ4v) is 1.22. The molecule has 1 aliphatic carbocycles. The highest BCUT2D eigenvalue weighted by molar-refractivity contribution is 5.86. The Morgan fingerprint density at radius 3 is 2.91 bits per heavy atom. The van der Waals surface area contributed by atoms with E-state index in [1.54, 1.807) is 6.08 Å². The van der Waals surface area contributed by atoms with Gasteiger partial charge in [-0.1, -0.05) is 13.0 Å². The van der Waals surface area contributed by atoms with Gasteiger partial charge in [0.2, 0.25) is 0 Å². The number of carboxylic acids is 1. The molecule has 0 bridgehead atoms. The molecule has 0 saturated heterocycles. The van der Waals surface area contributed by atoms with Gasteiger partial charge in [-0.2, -0.15) is 0 Å². The Hall–Kier alpha value is -0.830. The Balaban J connectivity index is 2.66. The predicted molar refractivity (Wildman–Crippen MR) is 42.1 cm³/mol. The molecule has 0 fully saturated rings. The van der Waals surface area contributed by atoms with Crippen LogP contribution in [0.15, 0.2) is 11.6 Å². The van der Waals surface area contributed by atoms with Gasteiger partial charge >= 0.3 is 5.97 Å². The number of nitrogens with two attached hydrogens (primary N) is 1. The predicted octanol–water partition coefficient (Wildman–Crippen LogP) is 0.755. The van der Waals surface area contributed by atoms with E-state index < -0.39 is 5.97 Å². The highest BCUT2D eigenvalue weighted by Gasteiger charge is 2.21. The van der Waals surface area contributed by atoms with Crippen LogP contribution in [0.3, 0.4) is 0 Å². The number of carboxylic acid groups (broad SMARTS) is 1. The molecule has 0 saturated carbocycles. The second kappa shape index (κ2) is 3.05. The molecule has 0 aromatic heterocycles. The average molecular weight is 155 g/mol. The van der Waals surface area contributed by atoms with Crippen molar-refractivity contribution in [1.29, 1.82) is 0 Å². The summed E-state index contributed by atoms with van der Waals surface area (Å²) >= 11 is 0. The highest BCUT2D eigenvalue weighted by atomic mass is 16.4. The largest absolute Gasteiger partial charge is 0.478 e. The molecule has 2 unspecified atom stereocenters. The first-order valence-electron chi connectivity index (χ1n) is 3.79. The smallest absolute Gasteiger partial charge is 0.331 e. The molecule has 62 valence electrons. The van der Waals surface area contributed by atoms with Gasteiger partial charge in [-0.05, 0) is 18.8 Å². The second-order valence-corrected chi connectivity index (χ2v) is 3.12. The van der Waals surface area contributed by atoms with Gasteiger partial charge in [-0.15, -0.1) is 0 Å². The summed E-state index contributed by atoms with van der Waals surface area (Å²) in [6.45, 7) is 2.04. The molecule has 11 heavy (non-hydrogen) atoms. The zero-order valence-corrected chi connectivity index (χ0v) is 6.58. The first-order valence-corrected chi connectivity index (χ1v) is 3.79. The number of carbonyl (C=O) groups is 1. The Labute approximate surface area is 65.9 Å². The standard InChI is InChI=1S/C8H13NO2/c1-5-2-3-6(8(10)11)4-7(5)9/h3,5,7H,2,4,9H2,1H3,(H,10,11). The molecule has 0 aromatic carbocycles. The van der Waals surface area contributed by atoms with Gasteiger partial charge in [0.15, 0.2) is 0 Å². The lowest BCUT2D eigenvalue weighted by atomic mass is 9.87. The second-order valence-electron chi connectivity index (χ2n) is 3.12. The average Bonchev–Trinajstić information content (AvgIpc) is 1.94. The van der Waals surface area contributed by atoms with Crippen LogP contribution in [0.25, 0.3) is 0 Å². The zero-order valence-electron chi connectivity index (χ0n) is 6.58. The summed E-state index contributed by atoms with van der Waals surface area (Å²) in [6, 6.07) is 0.0195. The van der Waals surface area contributed by atoms with E-state index in [1.807, 2.05) is 6.92 Å². The molecular weight excluding hydrogens is 142 g/mol. The van der Waals surface area contributed by atoms with E-state index >= 15 is 0 Å². The highest BCUT2D eigenvalue weighted by Crippen LogP contribution is 2.21. The lowest BCUT2D eigenvalue weighted by Gasteiger charge is -2.23. The lowest BCUT2D eigenvalue weighted by molar-refractivity contribution is -0.133. The van der Waals surface area contributed by atoms with Gasteiger partial charge in [0.1, 0.15) is 0 Å². The molecule has 0 radical (unpaired) electrons. The van der Waals surface area contributed by atoms with Gasteiger partial charge in [-0.3, -0.25) is 0 Å². The Morgan fingerprint density at radius 2 is 2.45 bits per heavy atom. The number of aliphatic carboxylic acids is 1. The van der Waals surface area contributed by atoms with Gasteiger partial charge < -0.3 is 10.8 Å². The third kappa shape index (κ3) is 1.80. The van der Waals surface area contributed by atoms with Crippen molar-refractivity contribution < 1.29 is 9.90 Å². The number of allylic oxidation sites excluding steroid dienone is 1. The fourth-order valence-electron chi connectivity index (χ4n) is 1.22. The van der Waals surface area contributed by atoms with Gasteiger partial charge in [0.05, 0.1) is 0 Å². The lowest BCUT2D eigenvalue weighted by Crippen LogP contribution is -2.32. The Morgan fingerprint density at radius 1 is 1.82 bits per heavy atom. The zero-order chi connectivity index (χ0) is 8.43. The normalized spacial score (nSPS) is 31.3. The van der Waals surface area contributed by atoms with Crippen molar-refractivity contribution in [3.63, 3.8) is 0 Å². The minimum atomic E-state index is -0.827. The van der Waals surface area contributed by atoms with Crippen LogP contribution in [0, 0.1) is 5.92 Å². The summed E-state index contributed by atoms with van der Waals surface area (Å²) in [5.41, 5.74) is 6.17. The maximum atomic E-state index is 10.5. The molecule has 3 N–H and O–H groups in total. The van der Waals surface area contributed by atoms with Crippen LogP contribution in [0.4, 0.5) is 0 Å². The maximum absolute atomic E-state index is 10.5. The van der Waals surface area contributed by atoms with Gasteiger partial charge in [0.25, 0.3) is 0 Å². The van der Waals surface area contributed by atoms with Crippen LogP contribution in [-0.4, -0.2) is 17.1 Å². The third-order valence-electron chi connectivity index (χ3n) is 2.20. The van der Waals surface area contributed by atoms with E-state index in [2.05, 4.69) is 0 Å². The van der Waals surface area contributed by atoms with Crippen LogP contribution in [-0.2, 0) is 4.79 Å². The molecule has 3 nitrogen and oxygen atoms in total. The quantitative estimate of drug-likeness (QED) is 0.587. The van der Waals surface area contributed by atoms with Crippen molar-refractivity contribution in [2.45, 2.75) is 25.8 Å². The first kappa shape index (κ1) is 8.27. The minimum Gasteiger partial charge on any atom is -0.478 e. The molecule has 0 aliphatic heterocycles. The SMILES string of the molecule is CC1CC=C(C(=O)O)CC1N. The summed E-state index contributed by atoms with van der Waals surface area (Å²) in [5, 5.41) is 8.62. The topological polar surface area (TPSA) is 63.3 Å². The van der Waals surface area contributed by atoms with Crippen molar-refractivity contribution in [3.8, 4) is 0 Å². The van der Waals surface area contributed by atoms with E-state index in [1.165, 1.54) is 0 Å². The molecule has 0 amide bonds. The summed E-state index contributed by atoms with van der Waals surface area (Å²) in [7, 11) is 0. The Kier molecular flexibility index (Phi) is 2.29. The van der Waals surface area contributed by atoms with E-state index in [9.17, 15) is 4.79 Å². The molecule has 2 atom stereocenters. The fraction of sp³-hybridized carbons (Fsp3) is 0.625. The summed E-state index contributed by atoms with van der Waals surface area (Å²) < 4.78 is 0. The van der Waals surface area contributed by atoms with Crippen LogP contribution < -0.4 is 5.73 Å². The molecule has 0 spiro atoms. The summed E-state index contributed by atoms with van der Waals surface area (Å²) in [4.78, 5) is 10.5. The van der Waals surface area contributed by atoms with E-state index in [0.717, 1.165) is 6.42 Å². The molecule has 0 aromatic rings. The minimum absolute atomic E-state index is 0.0195. The van der Waals surface area contributed by atoms with Crippen LogP contribution >= 0.6 is 0 Å². The molecule has 3 heteroatoms. The van der Waals surface area contributed by atoms with Crippen molar-refractivity contribution in [2.24, 2.45) is 11.7 Å². The third-order valence-corrected chi connectivity index (χ3v) is 2.20. The molecule has 1 aliphatic rings. The van der Waals surface area contributed by atoms with Gasteiger partial charge in [-0.25, -0.2) is 4.79 Å². The molecule has 0 heterocycles. The monoisotopic (exact) mass is 155 g/mol.